The van der Waals surface area contributed by atoms with Crippen LogP contribution in [0.1, 0.15) is 11.1 Å². The van der Waals surface area contributed by atoms with E-state index in [1.807, 2.05) is 6.07 Å². The smallest absolute Gasteiger partial charge is 0.225 e. The van der Waals surface area contributed by atoms with Gasteiger partial charge in [-0.1, -0.05) is 24.3 Å². The molecule has 0 bridgehead atoms. The van der Waals surface area contributed by atoms with Crippen LogP contribution in [0, 0.1) is 11.3 Å². The molecule has 0 spiro atoms. The zero-order chi connectivity index (χ0) is 18.1. The molecule has 130 valence electrons. The van der Waals surface area contributed by atoms with Gasteiger partial charge in [0.1, 0.15) is 5.75 Å². The lowest BCUT2D eigenvalue weighted by Gasteiger charge is -2.16. The fraction of sp³-hybridized carbons (Fsp3) is 0.167. The lowest BCUT2D eigenvalue weighted by molar-refractivity contribution is 0.0511. The lowest BCUT2D eigenvalue weighted by atomic mass is 10.1. The number of hydrogen-bond donors (Lipinski definition) is 1. The summed E-state index contributed by atoms with van der Waals surface area (Å²) in [6.45, 7) is 0.317. The fourth-order valence-electron chi connectivity index (χ4n) is 2.11. The van der Waals surface area contributed by atoms with Gasteiger partial charge in [0.05, 0.1) is 23.9 Å². The van der Waals surface area contributed by atoms with E-state index in [2.05, 4.69) is 6.07 Å². The minimum absolute atomic E-state index is 0.128. The normalized spacial score (nSPS) is 10.8. The van der Waals surface area contributed by atoms with Crippen LogP contribution in [0.15, 0.2) is 54.6 Å². The van der Waals surface area contributed by atoms with E-state index < -0.39 is 10.9 Å². The minimum atomic E-state index is -2.79. The van der Waals surface area contributed by atoms with Crippen LogP contribution in [0.2, 0.25) is 0 Å². The van der Waals surface area contributed by atoms with Gasteiger partial charge in [0.2, 0.25) is 10.9 Å². The molecule has 2 rings (SSSR count). The number of anilines is 1. The van der Waals surface area contributed by atoms with Gasteiger partial charge < -0.3 is 9.47 Å². The van der Waals surface area contributed by atoms with Crippen molar-refractivity contribution in [3.05, 3.63) is 65.7 Å². The Labute approximate surface area is 148 Å². The zero-order valence-electron chi connectivity index (χ0n) is 13.7. The first-order chi connectivity index (χ1) is 12.1. The molecule has 2 aromatic rings. The quantitative estimate of drug-likeness (QED) is 0.579. The first kappa shape index (κ1) is 18.5. The number of thiol groups is 1. The van der Waals surface area contributed by atoms with Crippen LogP contribution in [0.4, 0.5) is 5.69 Å². The van der Waals surface area contributed by atoms with E-state index >= 15 is 0 Å². The van der Waals surface area contributed by atoms with Crippen molar-refractivity contribution in [1.82, 2.24) is 0 Å². The van der Waals surface area contributed by atoms with Gasteiger partial charge in [0.25, 0.3) is 0 Å². The van der Waals surface area contributed by atoms with Crippen molar-refractivity contribution >= 4 is 22.7 Å². The molecule has 0 saturated carbocycles. The number of benzene rings is 2. The number of nitriles is 1. The number of methoxy groups -OCH3 is 1. The van der Waals surface area contributed by atoms with E-state index in [4.69, 9.17) is 14.7 Å². The lowest BCUT2D eigenvalue weighted by Crippen LogP contribution is -2.20. The molecule has 0 radical (unpaired) electrons. The molecule has 0 amide bonds. The Bertz CT molecular complexity index is 831. The van der Waals surface area contributed by atoms with E-state index in [-0.39, 0.29) is 13.3 Å². The number of hydrogen-bond acceptors (Lipinski definition) is 5. The second-order valence-electron chi connectivity index (χ2n) is 5.00. The van der Waals surface area contributed by atoms with Gasteiger partial charge in [0, 0.05) is 7.11 Å². The number of nitrogens with zero attached hydrogens (tertiary/aromatic N) is 2. The second-order valence-corrected chi connectivity index (χ2v) is 5.96. The summed E-state index contributed by atoms with van der Waals surface area (Å²) >= 11 is 0. The highest BCUT2D eigenvalue weighted by atomic mass is 32.2. The van der Waals surface area contributed by atoms with Crippen molar-refractivity contribution < 1.29 is 17.9 Å². The molecule has 0 aromatic heterocycles. The summed E-state index contributed by atoms with van der Waals surface area (Å²) in [5, 5.41) is 8.89. The van der Waals surface area contributed by atoms with Crippen molar-refractivity contribution in [3.8, 4) is 11.8 Å². The molecular formula is C18H18N2O4S. The molecular weight excluding hydrogens is 340 g/mol. The van der Waals surface area contributed by atoms with Crippen LogP contribution in [0.3, 0.4) is 0 Å². The highest BCUT2D eigenvalue weighted by Crippen LogP contribution is 2.20. The molecule has 6 nitrogen and oxygen atoms in total. The van der Waals surface area contributed by atoms with E-state index in [9.17, 15) is 8.42 Å². The first-order valence-corrected chi connectivity index (χ1v) is 8.57. The van der Waals surface area contributed by atoms with Crippen LogP contribution in [-0.2, 0) is 15.6 Å². The van der Waals surface area contributed by atoms with Gasteiger partial charge in [-0.05, 0) is 42.0 Å². The molecule has 0 aliphatic rings. The van der Waals surface area contributed by atoms with Gasteiger partial charge in [-0.2, -0.15) is 5.26 Å². The topological polar surface area (TPSA) is 79.6 Å². The Morgan fingerprint density at radius 2 is 1.96 bits per heavy atom. The Morgan fingerprint density at radius 1 is 1.20 bits per heavy atom. The first-order valence-electron chi connectivity index (χ1n) is 7.44. The Morgan fingerprint density at radius 3 is 2.60 bits per heavy atom. The highest BCUT2D eigenvalue weighted by molar-refractivity contribution is 7.74. The van der Waals surface area contributed by atoms with Gasteiger partial charge >= 0.3 is 0 Å². The average molecular weight is 358 g/mol. The molecule has 0 aliphatic carbocycles. The summed E-state index contributed by atoms with van der Waals surface area (Å²) < 4.78 is 34.4. The van der Waals surface area contributed by atoms with E-state index in [0.717, 1.165) is 5.56 Å². The summed E-state index contributed by atoms with van der Waals surface area (Å²) in [5.41, 5.74) is 1.93. The maximum absolute atomic E-state index is 11.5. The van der Waals surface area contributed by atoms with Crippen molar-refractivity contribution in [2.45, 2.75) is 0 Å². The molecule has 0 aliphatic heterocycles. The molecule has 0 heterocycles. The molecule has 0 fully saturated rings. The van der Waals surface area contributed by atoms with Crippen molar-refractivity contribution in [2.24, 2.45) is 0 Å². The third-order valence-electron chi connectivity index (χ3n) is 3.28. The van der Waals surface area contributed by atoms with Crippen LogP contribution in [0.5, 0.6) is 5.75 Å². The molecule has 0 unspecified atom stereocenters. The molecule has 2 aromatic carbocycles. The number of rotatable bonds is 8. The van der Waals surface area contributed by atoms with Gasteiger partial charge in [-0.25, -0.2) is 8.42 Å². The van der Waals surface area contributed by atoms with Crippen molar-refractivity contribution in [2.75, 3.05) is 24.8 Å². The third kappa shape index (κ3) is 5.64. The maximum Gasteiger partial charge on any atom is 0.225 e. The highest BCUT2D eigenvalue weighted by Gasteiger charge is 2.07. The summed E-state index contributed by atoms with van der Waals surface area (Å²) in [6.07, 6.45) is 3.51. The van der Waals surface area contributed by atoms with Crippen molar-refractivity contribution in [1.29, 1.82) is 5.26 Å². The Balaban J connectivity index is 2.08. The third-order valence-corrected chi connectivity index (χ3v) is 4.07. The van der Waals surface area contributed by atoms with Gasteiger partial charge in [-0.3, -0.25) is 4.31 Å². The fourth-order valence-corrected chi connectivity index (χ4v) is 2.66. The van der Waals surface area contributed by atoms with Crippen LogP contribution >= 0.6 is 0 Å². The van der Waals surface area contributed by atoms with Gasteiger partial charge in [-0.15, -0.1) is 0 Å². The minimum Gasteiger partial charge on any atom is -0.468 e. The maximum atomic E-state index is 11.5. The Hall–Kier alpha value is -2.82. The standard InChI is InChI=1S/C18H18N2O4S/c1-23-14-24-18-9-7-17(8-10-18)20(25(21)22)11-3-6-15-4-2-5-16(12-15)13-19/h2-10,12,25H,11,14H2,1H3/b6-3+. The van der Waals surface area contributed by atoms with Crippen molar-refractivity contribution in [3.63, 3.8) is 0 Å². The molecule has 7 heteroatoms. The molecule has 0 N–H and O–H groups in total. The van der Waals surface area contributed by atoms with Crippen LogP contribution < -0.4 is 9.04 Å². The largest absolute Gasteiger partial charge is 0.468 e. The Kier molecular flexibility index (Phi) is 7.01. The summed E-state index contributed by atoms with van der Waals surface area (Å²) in [7, 11) is -1.26. The van der Waals surface area contributed by atoms with E-state index in [0.29, 0.717) is 17.0 Å². The van der Waals surface area contributed by atoms with E-state index in [1.54, 1.807) is 54.6 Å². The zero-order valence-corrected chi connectivity index (χ0v) is 14.6. The van der Waals surface area contributed by atoms with E-state index in [1.165, 1.54) is 11.4 Å². The molecule has 0 atom stereocenters. The average Bonchev–Trinajstić information content (AvgIpc) is 2.64. The monoisotopic (exact) mass is 358 g/mol. The molecule has 25 heavy (non-hydrogen) atoms. The van der Waals surface area contributed by atoms with Gasteiger partial charge in [0.15, 0.2) is 6.79 Å². The predicted molar refractivity (Wildman–Crippen MR) is 96.8 cm³/mol. The summed E-state index contributed by atoms with van der Waals surface area (Å²) in [6, 6.07) is 15.8. The SMILES string of the molecule is COCOc1ccc(N(C/C=C/c2cccc(C#N)c2)[SH](=O)=O)cc1. The summed E-state index contributed by atoms with van der Waals surface area (Å²) in [5.74, 6) is 0.593. The molecule has 0 saturated heterocycles. The van der Waals surface area contributed by atoms with Crippen LogP contribution in [0.25, 0.3) is 6.08 Å². The second kappa shape index (κ2) is 9.47. The predicted octanol–water partition coefficient (Wildman–Crippen LogP) is 2.59. The number of ether oxygens (including phenoxy) is 2. The van der Waals surface area contributed by atoms with Crippen LogP contribution in [-0.4, -0.2) is 28.9 Å². The summed E-state index contributed by atoms with van der Waals surface area (Å²) in [4.78, 5) is 0.